The number of aromatic nitrogens is 1. The van der Waals surface area contributed by atoms with Crippen molar-refractivity contribution in [3.63, 3.8) is 0 Å². The lowest BCUT2D eigenvalue weighted by Crippen LogP contribution is -2.14. The number of benzene rings is 2. The molecule has 1 N–H and O–H groups in total. The van der Waals surface area contributed by atoms with Crippen molar-refractivity contribution in [2.75, 3.05) is 6.61 Å². The molecule has 0 aliphatic rings. The molecular formula is C21H21NO3. The summed E-state index contributed by atoms with van der Waals surface area (Å²) in [6, 6.07) is 11.4. The number of rotatable bonds is 5. The van der Waals surface area contributed by atoms with Gasteiger partial charge in [0.1, 0.15) is 0 Å². The van der Waals surface area contributed by atoms with E-state index in [1.54, 1.807) is 18.3 Å². The smallest absolute Gasteiger partial charge is 0.338 e. The number of H-pyrrole nitrogens is 1. The molecule has 0 spiro atoms. The molecule has 0 aliphatic heterocycles. The zero-order chi connectivity index (χ0) is 18.0. The summed E-state index contributed by atoms with van der Waals surface area (Å²) in [6.45, 7) is 5.65. The summed E-state index contributed by atoms with van der Waals surface area (Å²) in [5, 5.41) is 0.867. The van der Waals surface area contributed by atoms with E-state index in [0.717, 1.165) is 34.0 Å². The van der Waals surface area contributed by atoms with E-state index in [-0.39, 0.29) is 12.4 Å². The molecule has 3 aromatic rings. The van der Waals surface area contributed by atoms with Crippen LogP contribution in [0.15, 0.2) is 42.6 Å². The van der Waals surface area contributed by atoms with Crippen molar-refractivity contribution >= 4 is 22.7 Å². The highest BCUT2D eigenvalue weighted by atomic mass is 16.5. The maximum absolute atomic E-state index is 12.5. The molecule has 25 heavy (non-hydrogen) atoms. The first-order valence-electron chi connectivity index (χ1n) is 8.37. The molecule has 4 heteroatoms. The summed E-state index contributed by atoms with van der Waals surface area (Å²) in [7, 11) is 0. The van der Waals surface area contributed by atoms with Crippen LogP contribution in [0.3, 0.4) is 0 Å². The summed E-state index contributed by atoms with van der Waals surface area (Å²) in [6.07, 6.45) is 2.57. The van der Waals surface area contributed by atoms with E-state index < -0.39 is 5.97 Å². The number of ketones is 1. The van der Waals surface area contributed by atoms with Crippen molar-refractivity contribution in [3.8, 4) is 0 Å². The Morgan fingerprint density at radius 3 is 2.48 bits per heavy atom. The van der Waals surface area contributed by atoms with Crippen molar-refractivity contribution in [1.82, 2.24) is 4.98 Å². The Morgan fingerprint density at radius 1 is 1.08 bits per heavy atom. The van der Waals surface area contributed by atoms with Gasteiger partial charge in [-0.1, -0.05) is 42.3 Å². The normalized spacial score (nSPS) is 10.8. The van der Waals surface area contributed by atoms with Crippen LogP contribution in [0.5, 0.6) is 0 Å². The number of carbonyl (C=O) groups excluding carboxylic acids is 2. The summed E-state index contributed by atoms with van der Waals surface area (Å²) < 4.78 is 5.23. The molecule has 2 aromatic carbocycles. The van der Waals surface area contributed by atoms with Gasteiger partial charge in [0.25, 0.3) is 0 Å². The van der Waals surface area contributed by atoms with E-state index in [1.807, 2.05) is 38.1 Å². The molecule has 4 nitrogen and oxygen atoms in total. The average molecular weight is 335 g/mol. The lowest BCUT2D eigenvalue weighted by atomic mass is 10.1. The van der Waals surface area contributed by atoms with Gasteiger partial charge in [0.2, 0.25) is 5.78 Å². The Balaban J connectivity index is 1.76. The van der Waals surface area contributed by atoms with Gasteiger partial charge >= 0.3 is 5.97 Å². The molecule has 0 fully saturated rings. The van der Waals surface area contributed by atoms with Crippen LogP contribution in [-0.4, -0.2) is 23.3 Å². The molecule has 0 amide bonds. The van der Waals surface area contributed by atoms with E-state index in [4.69, 9.17) is 4.74 Å². The third kappa shape index (κ3) is 3.48. The molecule has 0 aliphatic carbocycles. The molecule has 0 radical (unpaired) electrons. The second-order valence-corrected chi connectivity index (χ2v) is 6.27. The summed E-state index contributed by atoms with van der Waals surface area (Å²) in [5.74, 6) is -0.688. The Hall–Kier alpha value is -2.88. The fourth-order valence-corrected chi connectivity index (χ4v) is 3.13. The number of fused-ring (bicyclic) bond motifs is 1. The molecule has 0 unspecified atom stereocenters. The van der Waals surface area contributed by atoms with Crippen LogP contribution in [0, 0.1) is 13.8 Å². The molecule has 0 saturated carbocycles. The maximum atomic E-state index is 12.5. The number of Topliss-reactive ketones (excluding diaryl/α,β-unsaturated/α-hetero) is 1. The van der Waals surface area contributed by atoms with Crippen LogP contribution in [-0.2, 0) is 11.2 Å². The molecule has 1 aromatic heterocycles. The topological polar surface area (TPSA) is 59.2 Å². The number of aromatic amines is 1. The van der Waals surface area contributed by atoms with Crippen molar-refractivity contribution < 1.29 is 14.3 Å². The maximum Gasteiger partial charge on any atom is 0.338 e. The van der Waals surface area contributed by atoms with Crippen LogP contribution >= 0.6 is 0 Å². The molecule has 1 heterocycles. The van der Waals surface area contributed by atoms with Gasteiger partial charge < -0.3 is 9.72 Å². The minimum atomic E-state index is -0.478. The van der Waals surface area contributed by atoms with Crippen molar-refractivity contribution in [2.45, 2.75) is 27.2 Å². The van der Waals surface area contributed by atoms with Gasteiger partial charge in [-0.15, -0.1) is 0 Å². The lowest BCUT2D eigenvalue weighted by Gasteiger charge is -2.06. The fraction of sp³-hybridized carbons (Fsp3) is 0.238. The number of ether oxygens (including phenoxy) is 1. The molecule has 3 rings (SSSR count). The summed E-state index contributed by atoms with van der Waals surface area (Å²) >= 11 is 0. The number of hydrogen-bond donors (Lipinski definition) is 1. The first-order valence-corrected chi connectivity index (χ1v) is 8.37. The van der Waals surface area contributed by atoms with Gasteiger partial charge in [0.05, 0.1) is 5.56 Å². The number of hydrogen-bond acceptors (Lipinski definition) is 3. The summed E-state index contributed by atoms with van der Waals surface area (Å²) in [5.41, 5.74) is 5.12. The van der Waals surface area contributed by atoms with E-state index in [1.165, 1.54) is 0 Å². The Labute approximate surface area is 146 Å². The molecule has 128 valence electrons. The number of para-hydroxylation sites is 1. The lowest BCUT2D eigenvalue weighted by molar-refractivity contribution is 0.0475. The third-order valence-corrected chi connectivity index (χ3v) is 4.27. The Kier molecular flexibility index (Phi) is 4.70. The van der Waals surface area contributed by atoms with E-state index in [9.17, 15) is 9.59 Å². The second kappa shape index (κ2) is 6.93. The SMILES string of the molecule is CCc1cccc2c(C(=O)COC(=O)c3cc(C)cc(C)c3)c[nH]c12. The van der Waals surface area contributed by atoms with Gasteiger partial charge in [-0.05, 0) is 38.0 Å². The zero-order valence-electron chi connectivity index (χ0n) is 14.7. The number of esters is 1. The highest BCUT2D eigenvalue weighted by Crippen LogP contribution is 2.22. The van der Waals surface area contributed by atoms with E-state index in [0.29, 0.717) is 11.1 Å². The van der Waals surface area contributed by atoms with Gasteiger partial charge in [-0.3, -0.25) is 4.79 Å². The van der Waals surface area contributed by atoms with Crippen molar-refractivity contribution in [2.24, 2.45) is 0 Å². The molecular weight excluding hydrogens is 314 g/mol. The second-order valence-electron chi connectivity index (χ2n) is 6.27. The van der Waals surface area contributed by atoms with E-state index >= 15 is 0 Å². The monoisotopic (exact) mass is 335 g/mol. The predicted molar refractivity (Wildman–Crippen MR) is 98.2 cm³/mol. The first-order chi connectivity index (χ1) is 12.0. The van der Waals surface area contributed by atoms with Crippen LogP contribution in [0.2, 0.25) is 0 Å². The van der Waals surface area contributed by atoms with Gasteiger partial charge in [-0.25, -0.2) is 4.79 Å². The molecule has 0 atom stereocenters. The van der Waals surface area contributed by atoms with Crippen LogP contribution < -0.4 is 0 Å². The van der Waals surface area contributed by atoms with Crippen LogP contribution in [0.4, 0.5) is 0 Å². The van der Waals surface area contributed by atoms with Gasteiger partial charge in [0.15, 0.2) is 6.61 Å². The predicted octanol–water partition coefficient (Wildman–Crippen LogP) is 4.39. The standard InChI is InChI=1S/C21H21NO3/c1-4-15-6-5-7-17-18(11-22-20(15)17)19(23)12-25-21(24)16-9-13(2)8-14(3)10-16/h5-11,22H,4,12H2,1-3H3. The number of carbonyl (C=O) groups is 2. The zero-order valence-corrected chi connectivity index (χ0v) is 14.7. The van der Waals surface area contributed by atoms with E-state index in [2.05, 4.69) is 11.9 Å². The summed E-state index contributed by atoms with van der Waals surface area (Å²) in [4.78, 5) is 27.9. The third-order valence-electron chi connectivity index (χ3n) is 4.27. The van der Waals surface area contributed by atoms with Crippen LogP contribution in [0.1, 0.15) is 44.3 Å². The van der Waals surface area contributed by atoms with Gasteiger partial charge in [0, 0.05) is 22.7 Å². The first kappa shape index (κ1) is 17.0. The minimum absolute atomic E-state index is 0.211. The van der Waals surface area contributed by atoms with Gasteiger partial charge in [-0.2, -0.15) is 0 Å². The fourth-order valence-electron chi connectivity index (χ4n) is 3.13. The quantitative estimate of drug-likeness (QED) is 0.556. The minimum Gasteiger partial charge on any atom is -0.454 e. The highest BCUT2D eigenvalue weighted by Gasteiger charge is 2.16. The van der Waals surface area contributed by atoms with Crippen molar-refractivity contribution in [1.29, 1.82) is 0 Å². The van der Waals surface area contributed by atoms with Crippen LogP contribution in [0.25, 0.3) is 10.9 Å². The number of aryl methyl sites for hydroxylation is 3. The van der Waals surface area contributed by atoms with Crippen molar-refractivity contribution in [3.05, 3.63) is 70.4 Å². The average Bonchev–Trinajstić information content (AvgIpc) is 3.02. The highest BCUT2D eigenvalue weighted by molar-refractivity contribution is 6.09. The molecule has 0 bridgehead atoms. The number of nitrogens with one attached hydrogen (secondary N) is 1. The largest absolute Gasteiger partial charge is 0.454 e. The molecule has 0 saturated heterocycles. The Morgan fingerprint density at radius 2 is 1.80 bits per heavy atom. The Bertz CT molecular complexity index is 933.